The number of nitrogens with one attached hydrogen (secondary N) is 1. The molecule has 0 spiro atoms. The third-order valence-corrected chi connectivity index (χ3v) is 4.30. The van der Waals surface area contributed by atoms with E-state index in [9.17, 15) is 14.0 Å². The van der Waals surface area contributed by atoms with Gasteiger partial charge in [-0.2, -0.15) is 0 Å². The summed E-state index contributed by atoms with van der Waals surface area (Å²) in [5, 5.41) is 2.83. The van der Waals surface area contributed by atoms with E-state index in [0.29, 0.717) is 30.6 Å². The van der Waals surface area contributed by atoms with Crippen molar-refractivity contribution in [3.8, 4) is 0 Å². The van der Waals surface area contributed by atoms with Crippen LogP contribution < -0.4 is 10.2 Å². The number of benzene rings is 1. The number of amides is 2. The van der Waals surface area contributed by atoms with Crippen molar-refractivity contribution in [2.24, 2.45) is 0 Å². The maximum Gasteiger partial charge on any atom is 0.243 e. The van der Waals surface area contributed by atoms with Gasteiger partial charge in [0.05, 0.1) is 5.69 Å². The third-order valence-electron chi connectivity index (χ3n) is 4.30. The van der Waals surface area contributed by atoms with Crippen LogP contribution in [-0.4, -0.2) is 43.4 Å². The molecular formula is C18H26FN3O2. The van der Waals surface area contributed by atoms with Gasteiger partial charge in [0, 0.05) is 33.6 Å². The molecule has 1 atom stereocenters. The summed E-state index contributed by atoms with van der Waals surface area (Å²) in [5.74, 6) is -0.432. The molecule has 24 heavy (non-hydrogen) atoms. The molecule has 1 heterocycles. The summed E-state index contributed by atoms with van der Waals surface area (Å²) in [4.78, 5) is 27.8. The number of carbonyl (C=O) groups excluding carboxylic acids is 2. The fraction of sp³-hybridized carbons (Fsp3) is 0.556. The fourth-order valence-corrected chi connectivity index (χ4v) is 3.03. The van der Waals surface area contributed by atoms with Crippen LogP contribution in [0.3, 0.4) is 0 Å². The number of nitrogens with zero attached hydrogens (tertiary/aromatic N) is 2. The lowest BCUT2D eigenvalue weighted by Crippen LogP contribution is -2.45. The van der Waals surface area contributed by atoms with Gasteiger partial charge in [-0.05, 0) is 37.0 Å². The fourth-order valence-electron chi connectivity index (χ4n) is 3.03. The Kier molecular flexibility index (Phi) is 6.17. The summed E-state index contributed by atoms with van der Waals surface area (Å²) >= 11 is 0. The lowest BCUT2D eigenvalue weighted by atomic mass is 10.1. The molecule has 132 valence electrons. The molecule has 1 aromatic carbocycles. The van der Waals surface area contributed by atoms with Gasteiger partial charge in [-0.3, -0.25) is 9.59 Å². The summed E-state index contributed by atoms with van der Waals surface area (Å²) in [7, 11) is 3.56. The van der Waals surface area contributed by atoms with Crippen LogP contribution in [0.1, 0.15) is 38.2 Å². The second-order valence-corrected chi connectivity index (χ2v) is 6.39. The number of hydrogen-bond donors (Lipinski definition) is 1. The molecule has 2 rings (SSSR count). The van der Waals surface area contributed by atoms with Crippen LogP contribution in [0.15, 0.2) is 18.2 Å². The molecular weight excluding hydrogens is 309 g/mol. The van der Waals surface area contributed by atoms with Crippen molar-refractivity contribution in [1.29, 1.82) is 0 Å². The van der Waals surface area contributed by atoms with E-state index in [1.54, 1.807) is 36.0 Å². The molecule has 6 heteroatoms. The second kappa shape index (κ2) is 8.13. The summed E-state index contributed by atoms with van der Waals surface area (Å²) in [6.07, 6.45) is 2.79. The molecule has 0 aromatic heterocycles. The van der Waals surface area contributed by atoms with Gasteiger partial charge < -0.3 is 15.1 Å². The third kappa shape index (κ3) is 4.24. The average molecular weight is 335 g/mol. The quantitative estimate of drug-likeness (QED) is 0.868. The Morgan fingerprint density at radius 1 is 1.38 bits per heavy atom. The summed E-state index contributed by atoms with van der Waals surface area (Å²) in [6.45, 7) is 2.85. The maximum absolute atomic E-state index is 14.0. The molecule has 2 amide bonds. The molecule has 1 aromatic rings. The van der Waals surface area contributed by atoms with Gasteiger partial charge in [0.1, 0.15) is 11.9 Å². The number of halogens is 1. The smallest absolute Gasteiger partial charge is 0.243 e. The molecule has 1 fully saturated rings. The Morgan fingerprint density at radius 2 is 2.12 bits per heavy atom. The molecule has 1 aliphatic rings. The zero-order valence-corrected chi connectivity index (χ0v) is 14.6. The first kappa shape index (κ1) is 18.2. The van der Waals surface area contributed by atoms with E-state index in [1.807, 2.05) is 6.92 Å². The Morgan fingerprint density at radius 3 is 2.75 bits per heavy atom. The number of anilines is 1. The van der Waals surface area contributed by atoms with Crippen molar-refractivity contribution < 1.29 is 14.0 Å². The highest BCUT2D eigenvalue weighted by Crippen LogP contribution is 2.20. The number of rotatable bonds is 6. The zero-order valence-electron chi connectivity index (χ0n) is 14.6. The van der Waals surface area contributed by atoms with Gasteiger partial charge in [-0.25, -0.2) is 4.39 Å². The van der Waals surface area contributed by atoms with E-state index >= 15 is 0 Å². The van der Waals surface area contributed by atoms with Crippen LogP contribution in [0.4, 0.5) is 10.1 Å². The Labute approximate surface area is 142 Å². The van der Waals surface area contributed by atoms with E-state index in [-0.39, 0.29) is 24.2 Å². The van der Waals surface area contributed by atoms with Crippen LogP contribution in [0.5, 0.6) is 0 Å². The molecule has 0 radical (unpaired) electrons. The first-order valence-corrected chi connectivity index (χ1v) is 8.47. The van der Waals surface area contributed by atoms with Crippen molar-refractivity contribution in [3.05, 3.63) is 29.6 Å². The molecule has 0 bridgehead atoms. The number of carbonyl (C=O) groups is 2. The lowest BCUT2D eigenvalue weighted by Gasteiger charge is -2.24. The second-order valence-electron chi connectivity index (χ2n) is 6.39. The minimum Gasteiger partial charge on any atom is -0.375 e. The van der Waals surface area contributed by atoms with Crippen molar-refractivity contribution >= 4 is 17.5 Å². The van der Waals surface area contributed by atoms with E-state index < -0.39 is 6.04 Å². The van der Waals surface area contributed by atoms with Gasteiger partial charge in [0.2, 0.25) is 11.8 Å². The van der Waals surface area contributed by atoms with Crippen LogP contribution in [0.25, 0.3) is 0 Å². The average Bonchev–Trinajstić information content (AvgIpc) is 3.02. The van der Waals surface area contributed by atoms with E-state index in [1.165, 1.54) is 6.07 Å². The Balaban J connectivity index is 1.95. The topological polar surface area (TPSA) is 52.7 Å². The van der Waals surface area contributed by atoms with Crippen LogP contribution in [-0.2, 0) is 16.1 Å². The molecule has 0 aliphatic carbocycles. The maximum atomic E-state index is 14.0. The molecule has 1 N–H and O–H groups in total. The highest BCUT2D eigenvalue weighted by Gasteiger charge is 2.33. The van der Waals surface area contributed by atoms with Gasteiger partial charge >= 0.3 is 0 Å². The Bertz CT molecular complexity index is 604. The molecule has 1 aliphatic heterocycles. The number of likely N-dealkylation sites (tertiary alicyclic amines) is 1. The van der Waals surface area contributed by atoms with E-state index in [4.69, 9.17) is 0 Å². The van der Waals surface area contributed by atoms with Crippen LogP contribution in [0, 0.1) is 5.82 Å². The van der Waals surface area contributed by atoms with Gasteiger partial charge in [0.25, 0.3) is 0 Å². The predicted molar refractivity (Wildman–Crippen MR) is 92.2 cm³/mol. The van der Waals surface area contributed by atoms with Crippen LogP contribution in [0.2, 0.25) is 0 Å². The summed E-state index contributed by atoms with van der Waals surface area (Å²) in [5.41, 5.74) is 1.22. The largest absolute Gasteiger partial charge is 0.375 e. The minimum atomic E-state index is -0.394. The molecule has 1 saturated heterocycles. The summed E-state index contributed by atoms with van der Waals surface area (Å²) in [6, 6.07) is 4.54. The van der Waals surface area contributed by atoms with Gasteiger partial charge in [-0.15, -0.1) is 0 Å². The van der Waals surface area contributed by atoms with E-state index in [2.05, 4.69) is 5.32 Å². The zero-order chi connectivity index (χ0) is 17.7. The van der Waals surface area contributed by atoms with Crippen molar-refractivity contribution in [1.82, 2.24) is 10.2 Å². The number of hydrogen-bond acceptors (Lipinski definition) is 3. The highest BCUT2D eigenvalue weighted by atomic mass is 19.1. The van der Waals surface area contributed by atoms with Crippen LogP contribution >= 0.6 is 0 Å². The first-order valence-electron chi connectivity index (χ1n) is 8.47. The normalized spacial score (nSPS) is 17.0. The van der Waals surface area contributed by atoms with Crippen molar-refractivity contribution in [2.75, 3.05) is 25.5 Å². The molecule has 5 nitrogen and oxygen atoms in total. The molecule has 0 saturated carbocycles. The summed E-state index contributed by atoms with van der Waals surface area (Å²) < 4.78 is 14.0. The van der Waals surface area contributed by atoms with Gasteiger partial charge in [0.15, 0.2) is 0 Å². The monoisotopic (exact) mass is 335 g/mol. The van der Waals surface area contributed by atoms with Crippen molar-refractivity contribution in [2.45, 2.75) is 45.2 Å². The SMILES string of the molecule is CCCC(=O)N1CCCC1C(=O)NCc1ccc(N(C)C)c(F)c1. The minimum absolute atomic E-state index is 0.0385. The Hall–Kier alpha value is -2.11. The highest BCUT2D eigenvalue weighted by molar-refractivity contribution is 5.88. The predicted octanol–water partition coefficient (Wildman–Crippen LogP) is 2.30. The lowest BCUT2D eigenvalue weighted by molar-refractivity contribution is -0.138. The first-order chi connectivity index (χ1) is 11.4. The van der Waals surface area contributed by atoms with Crippen molar-refractivity contribution in [3.63, 3.8) is 0 Å². The molecule has 1 unspecified atom stereocenters. The van der Waals surface area contributed by atoms with Gasteiger partial charge in [-0.1, -0.05) is 13.0 Å². The standard InChI is InChI=1S/C18H26FN3O2/c1-4-6-17(23)22-10-5-7-16(22)18(24)20-12-13-8-9-15(21(2)3)14(19)11-13/h8-9,11,16H,4-7,10,12H2,1-3H3,(H,20,24). The van der Waals surface area contributed by atoms with E-state index in [0.717, 1.165) is 12.8 Å².